The lowest BCUT2D eigenvalue weighted by Crippen LogP contribution is -2.04. The number of rotatable bonds is 3. The maximum absolute atomic E-state index is 13.3. The van der Waals surface area contributed by atoms with Crippen LogP contribution in [-0.4, -0.2) is 5.33 Å². The lowest BCUT2D eigenvalue weighted by molar-refractivity contribution is 0.595. The third-order valence-corrected chi connectivity index (χ3v) is 3.13. The number of nitriles is 1. The second kappa shape index (κ2) is 5.47. The van der Waals surface area contributed by atoms with E-state index < -0.39 is 0 Å². The second-order valence-electron chi connectivity index (χ2n) is 2.92. The van der Waals surface area contributed by atoms with Gasteiger partial charge in [-0.1, -0.05) is 37.9 Å². The molecule has 14 heavy (non-hydrogen) atoms. The van der Waals surface area contributed by atoms with Gasteiger partial charge in [0.2, 0.25) is 0 Å². The average Bonchev–Trinajstić information content (AvgIpc) is 2.17. The normalized spacial score (nSPS) is 12.1. The summed E-state index contributed by atoms with van der Waals surface area (Å²) in [6, 6.07) is 7.01. The van der Waals surface area contributed by atoms with Gasteiger partial charge in [-0.15, -0.1) is 0 Å². The third-order valence-electron chi connectivity index (χ3n) is 1.85. The molecule has 1 nitrogen and oxygen atoms in total. The van der Waals surface area contributed by atoms with Crippen molar-refractivity contribution in [2.75, 3.05) is 5.33 Å². The van der Waals surface area contributed by atoms with Gasteiger partial charge in [0.15, 0.2) is 0 Å². The molecular formula is C10H8Br2FN. The maximum atomic E-state index is 13.3. The summed E-state index contributed by atoms with van der Waals surface area (Å²) in [7, 11) is 0. The molecule has 0 saturated carbocycles. The predicted octanol–water partition coefficient (Wildman–Crippen LogP) is 3.67. The quantitative estimate of drug-likeness (QED) is 0.780. The molecule has 74 valence electrons. The predicted molar refractivity (Wildman–Crippen MR) is 60.7 cm³/mol. The van der Waals surface area contributed by atoms with E-state index in [-0.39, 0.29) is 11.7 Å². The van der Waals surface area contributed by atoms with Crippen molar-refractivity contribution in [3.8, 4) is 6.07 Å². The number of alkyl halides is 1. The molecular weight excluding hydrogens is 313 g/mol. The molecule has 1 rings (SSSR count). The highest BCUT2D eigenvalue weighted by atomic mass is 79.9. The first-order chi connectivity index (χ1) is 6.67. The Morgan fingerprint density at radius 3 is 2.71 bits per heavy atom. The van der Waals surface area contributed by atoms with Crippen LogP contribution in [-0.2, 0) is 6.42 Å². The van der Waals surface area contributed by atoms with Crippen LogP contribution in [0.5, 0.6) is 0 Å². The number of nitrogens with zero attached hydrogens (tertiary/aromatic N) is 1. The minimum atomic E-state index is -0.263. The zero-order valence-electron chi connectivity index (χ0n) is 7.30. The van der Waals surface area contributed by atoms with Gasteiger partial charge in [0.05, 0.1) is 12.0 Å². The summed E-state index contributed by atoms with van der Waals surface area (Å²) in [6.07, 6.45) is 0.445. The number of hydrogen-bond acceptors (Lipinski definition) is 1. The molecule has 0 spiro atoms. The first kappa shape index (κ1) is 11.7. The van der Waals surface area contributed by atoms with Crippen LogP contribution in [0.15, 0.2) is 22.7 Å². The fraction of sp³-hybridized carbons (Fsp3) is 0.300. The van der Waals surface area contributed by atoms with Crippen LogP contribution >= 0.6 is 31.9 Å². The molecule has 0 aliphatic rings. The lowest BCUT2D eigenvalue weighted by Gasteiger charge is -2.06. The van der Waals surface area contributed by atoms with E-state index in [0.717, 1.165) is 0 Å². The number of benzene rings is 1. The molecule has 0 aliphatic carbocycles. The van der Waals surface area contributed by atoms with Gasteiger partial charge in [-0.3, -0.25) is 0 Å². The van der Waals surface area contributed by atoms with Crippen LogP contribution in [0.25, 0.3) is 0 Å². The molecule has 1 aromatic carbocycles. The monoisotopic (exact) mass is 319 g/mol. The summed E-state index contributed by atoms with van der Waals surface area (Å²) in [5.41, 5.74) is 0.583. The third kappa shape index (κ3) is 3.07. The van der Waals surface area contributed by atoms with Crippen LogP contribution in [0.3, 0.4) is 0 Å². The zero-order chi connectivity index (χ0) is 10.6. The summed E-state index contributed by atoms with van der Waals surface area (Å²) in [6.45, 7) is 0. The van der Waals surface area contributed by atoms with Crippen LogP contribution in [0, 0.1) is 23.1 Å². The molecule has 0 fully saturated rings. The molecule has 1 atom stereocenters. The molecule has 0 aliphatic heterocycles. The van der Waals surface area contributed by atoms with Gasteiger partial charge < -0.3 is 0 Å². The fourth-order valence-corrected chi connectivity index (χ4v) is 1.79. The minimum absolute atomic E-state index is 0.175. The van der Waals surface area contributed by atoms with Crippen molar-refractivity contribution in [3.63, 3.8) is 0 Å². The van der Waals surface area contributed by atoms with E-state index in [9.17, 15) is 4.39 Å². The Labute approximate surface area is 99.2 Å². The molecule has 0 N–H and O–H groups in total. The smallest absolute Gasteiger partial charge is 0.127 e. The highest BCUT2D eigenvalue weighted by Gasteiger charge is 2.10. The Morgan fingerprint density at radius 1 is 1.50 bits per heavy atom. The summed E-state index contributed by atoms with van der Waals surface area (Å²) >= 11 is 6.40. The Bertz CT molecular complexity index is 360. The van der Waals surface area contributed by atoms with Gasteiger partial charge in [-0.05, 0) is 24.1 Å². The van der Waals surface area contributed by atoms with E-state index in [1.165, 1.54) is 6.07 Å². The van der Waals surface area contributed by atoms with Crippen molar-refractivity contribution in [1.29, 1.82) is 5.26 Å². The molecule has 1 unspecified atom stereocenters. The molecule has 0 heterocycles. The Morgan fingerprint density at radius 2 is 2.21 bits per heavy atom. The van der Waals surface area contributed by atoms with Gasteiger partial charge in [-0.25, -0.2) is 4.39 Å². The van der Waals surface area contributed by atoms with Crippen molar-refractivity contribution in [1.82, 2.24) is 0 Å². The number of hydrogen-bond donors (Lipinski definition) is 0. The van der Waals surface area contributed by atoms with Crippen molar-refractivity contribution in [2.24, 2.45) is 5.92 Å². The van der Waals surface area contributed by atoms with Gasteiger partial charge in [-0.2, -0.15) is 5.26 Å². The van der Waals surface area contributed by atoms with Gasteiger partial charge >= 0.3 is 0 Å². The first-order valence-electron chi connectivity index (χ1n) is 4.07. The summed E-state index contributed by atoms with van der Waals surface area (Å²) in [4.78, 5) is 0. The topological polar surface area (TPSA) is 23.8 Å². The van der Waals surface area contributed by atoms with Gasteiger partial charge in [0.1, 0.15) is 5.82 Å². The Kier molecular flexibility index (Phi) is 4.56. The molecule has 0 saturated heterocycles. The number of halogens is 3. The maximum Gasteiger partial charge on any atom is 0.127 e. The average molecular weight is 321 g/mol. The summed E-state index contributed by atoms with van der Waals surface area (Å²) < 4.78 is 14.0. The highest BCUT2D eigenvalue weighted by molar-refractivity contribution is 9.10. The molecule has 0 radical (unpaired) electrons. The fourth-order valence-electron chi connectivity index (χ4n) is 1.09. The van der Waals surface area contributed by atoms with E-state index in [4.69, 9.17) is 5.26 Å². The van der Waals surface area contributed by atoms with Crippen molar-refractivity contribution < 1.29 is 4.39 Å². The van der Waals surface area contributed by atoms with Crippen molar-refractivity contribution >= 4 is 31.9 Å². The second-order valence-corrected chi connectivity index (χ2v) is 4.48. The van der Waals surface area contributed by atoms with Gasteiger partial charge in [0.25, 0.3) is 0 Å². The Balaban J connectivity index is 2.82. The summed E-state index contributed by atoms with van der Waals surface area (Å²) in [5, 5.41) is 9.29. The van der Waals surface area contributed by atoms with E-state index >= 15 is 0 Å². The molecule has 0 amide bonds. The van der Waals surface area contributed by atoms with Crippen LogP contribution in [0.1, 0.15) is 5.56 Å². The largest absolute Gasteiger partial charge is 0.207 e. The standard InChI is InChI=1S/C10H8Br2FN/c11-5-7(6-14)3-8-1-2-9(12)4-10(8)13/h1-2,4,7H,3,5H2. The minimum Gasteiger partial charge on any atom is -0.207 e. The highest BCUT2D eigenvalue weighted by Crippen LogP contribution is 2.18. The zero-order valence-corrected chi connectivity index (χ0v) is 10.5. The molecule has 4 heteroatoms. The van der Waals surface area contributed by atoms with E-state index in [1.807, 2.05) is 0 Å². The van der Waals surface area contributed by atoms with E-state index in [0.29, 0.717) is 21.8 Å². The summed E-state index contributed by atoms with van der Waals surface area (Å²) in [5.74, 6) is -0.439. The SMILES string of the molecule is N#CC(CBr)Cc1ccc(Br)cc1F. The van der Waals surface area contributed by atoms with Crippen LogP contribution < -0.4 is 0 Å². The van der Waals surface area contributed by atoms with E-state index in [1.54, 1.807) is 12.1 Å². The Hall–Kier alpha value is -0.400. The van der Waals surface area contributed by atoms with E-state index in [2.05, 4.69) is 37.9 Å². The molecule has 0 aromatic heterocycles. The molecule has 0 bridgehead atoms. The van der Waals surface area contributed by atoms with Crippen LogP contribution in [0.4, 0.5) is 4.39 Å². The van der Waals surface area contributed by atoms with Crippen molar-refractivity contribution in [3.05, 3.63) is 34.1 Å². The van der Waals surface area contributed by atoms with Crippen LogP contribution in [0.2, 0.25) is 0 Å². The molecule has 1 aromatic rings. The lowest BCUT2D eigenvalue weighted by atomic mass is 10.0. The van der Waals surface area contributed by atoms with Crippen molar-refractivity contribution in [2.45, 2.75) is 6.42 Å². The first-order valence-corrected chi connectivity index (χ1v) is 5.98. The van der Waals surface area contributed by atoms with Gasteiger partial charge in [0, 0.05) is 9.80 Å².